The van der Waals surface area contributed by atoms with Crippen LogP contribution in [0.1, 0.15) is 11.3 Å². The number of fused-ring (bicyclic) bond motifs is 1. The molecule has 0 saturated carbocycles. The first-order chi connectivity index (χ1) is 10.7. The van der Waals surface area contributed by atoms with Gasteiger partial charge in [-0.05, 0) is 35.9 Å². The summed E-state index contributed by atoms with van der Waals surface area (Å²) in [6.45, 7) is 0. The Morgan fingerprint density at radius 3 is 2.73 bits per heavy atom. The molecule has 1 heterocycles. The molecule has 110 valence electrons. The minimum absolute atomic E-state index is 0.0508. The maximum Gasteiger partial charge on any atom is 0.176 e. The van der Waals surface area contributed by atoms with Gasteiger partial charge < -0.3 is 9.84 Å². The Hall–Kier alpha value is -2.52. The van der Waals surface area contributed by atoms with Crippen LogP contribution in [0.4, 0.5) is 0 Å². The number of halogens is 1. The molecule has 4 heteroatoms. The van der Waals surface area contributed by atoms with Crippen molar-refractivity contribution in [1.82, 2.24) is 4.98 Å². The second-order valence-corrected chi connectivity index (χ2v) is 5.22. The van der Waals surface area contributed by atoms with Gasteiger partial charge >= 0.3 is 0 Å². The molecular weight excluding hydrogens is 298 g/mol. The summed E-state index contributed by atoms with van der Waals surface area (Å²) < 4.78 is 5.09. The predicted octanol–water partition coefficient (Wildman–Crippen LogP) is 4.77. The van der Waals surface area contributed by atoms with Gasteiger partial charge in [0.05, 0.1) is 23.3 Å². The van der Waals surface area contributed by atoms with Gasteiger partial charge in [-0.15, -0.1) is 0 Å². The summed E-state index contributed by atoms with van der Waals surface area (Å²) in [5, 5.41) is 11.1. The van der Waals surface area contributed by atoms with Crippen molar-refractivity contribution in [1.29, 1.82) is 0 Å². The fourth-order valence-electron chi connectivity index (χ4n) is 2.20. The number of phenols is 1. The Morgan fingerprint density at radius 1 is 1.09 bits per heavy atom. The highest BCUT2D eigenvalue weighted by Gasteiger charge is 2.07. The normalized spacial score (nSPS) is 11.2. The molecular formula is C18H14ClNO2. The number of rotatable bonds is 3. The molecule has 0 aliphatic carbocycles. The van der Waals surface area contributed by atoms with Gasteiger partial charge in [0, 0.05) is 5.39 Å². The van der Waals surface area contributed by atoms with E-state index in [0.29, 0.717) is 5.75 Å². The largest absolute Gasteiger partial charge is 0.503 e. The highest BCUT2D eigenvalue weighted by molar-refractivity contribution is 6.32. The average molecular weight is 312 g/mol. The fourth-order valence-corrected chi connectivity index (χ4v) is 2.42. The van der Waals surface area contributed by atoms with Crippen molar-refractivity contribution < 1.29 is 9.84 Å². The molecule has 2 aromatic carbocycles. The van der Waals surface area contributed by atoms with Crippen LogP contribution in [0.2, 0.25) is 5.02 Å². The van der Waals surface area contributed by atoms with Crippen LogP contribution < -0.4 is 4.74 Å². The summed E-state index contributed by atoms with van der Waals surface area (Å²) in [6.07, 6.45) is 3.78. The molecule has 0 spiro atoms. The van der Waals surface area contributed by atoms with Gasteiger partial charge in [-0.2, -0.15) is 0 Å². The Labute approximate surface area is 133 Å². The first-order valence-electron chi connectivity index (χ1n) is 6.78. The molecule has 0 aliphatic rings. The second kappa shape index (κ2) is 6.08. The van der Waals surface area contributed by atoms with E-state index in [0.717, 1.165) is 22.2 Å². The van der Waals surface area contributed by atoms with Crippen LogP contribution in [0, 0.1) is 0 Å². The molecule has 0 atom stereocenters. The minimum Gasteiger partial charge on any atom is -0.503 e. The van der Waals surface area contributed by atoms with Crippen LogP contribution in [0.15, 0.2) is 48.5 Å². The number of aromatic nitrogens is 1. The molecule has 0 fully saturated rings. The number of para-hydroxylation sites is 1. The van der Waals surface area contributed by atoms with Crippen molar-refractivity contribution >= 4 is 34.7 Å². The maximum absolute atomic E-state index is 9.73. The van der Waals surface area contributed by atoms with Crippen LogP contribution in [-0.4, -0.2) is 17.2 Å². The van der Waals surface area contributed by atoms with Crippen LogP contribution in [-0.2, 0) is 0 Å². The minimum atomic E-state index is -0.0508. The van der Waals surface area contributed by atoms with E-state index in [-0.39, 0.29) is 10.8 Å². The average Bonchev–Trinajstić information content (AvgIpc) is 2.55. The molecule has 0 radical (unpaired) electrons. The third kappa shape index (κ3) is 2.90. The predicted molar refractivity (Wildman–Crippen MR) is 90.3 cm³/mol. The number of nitrogens with zero attached hydrogens (tertiary/aromatic N) is 1. The van der Waals surface area contributed by atoms with E-state index in [1.54, 1.807) is 12.1 Å². The summed E-state index contributed by atoms with van der Waals surface area (Å²) >= 11 is 5.98. The van der Waals surface area contributed by atoms with E-state index >= 15 is 0 Å². The number of hydrogen-bond donors (Lipinski definition) is 1. The Kier molecular flexibility index (Phi) is 3.98. The zero-order chi connectivity index (χ0) is 15.5. The first kappa shape index (κ1) is 14.4. The van der Waals surface area contributed by atoms with Gasteiger partial charge in [-0.3, -0.25) is 0 Å². The van der Waals surface area contributed by atoms with Gasteiger partial charge in [-0.1, -0.05) is 41.9 Å². The summed E-state index contributed by atoms with van der Waals surface area (Å²) in [5.41, 5.74) is 2.63. The molecule has 22 heavy (non-hydrogen) atoms. The number of methoxy groups -OCH3 is 1. The van der Waals surface area contributed by atoms with Crippen molar-refractivity contribution in [2.24, 2.45) is 0 Å². The summed E-state index contributed by atoms with van der Waals surface area (Å²) in [7, 11) is 1.49. The number of benzene rings is 2. The van der Waals surface area contributed by atoms with E-state index in [1.807, 2.05) is 48.6 Å². The Morgan fingerprint density at radius 2 is 1.91 bits per heavy atom. The SMILES string of the molecule is COc1cc(C=Cc2ccc3ccccc3n2)cc(Cl)c1O. The van der Waals surface area contributed by atoms with E-state index in [4.69, 9.17) is 16.3 Å². The molecule has 3 nitrogen and oxygen atoms in total. The number of ether oxygens (including phenoxy) is 1. The lowest BCUT2D eigenvalue weighted by atomic mass is 10.1. The third-order valence-electron chi connectivity index (χ3n) is 3.34. The lowest BCUT2D eigenvalue weighted by molar-refractivity contribution is 0.373. The Balaban J connectivity index is 1.94. The second-order valence-electron chi connectivity index (χ2n) is 4.82. The van der Waals surface area contributed by atoms with Crippen LogP contribution in [0.3, 0.4) is 0 Å². The highest BCUT2D eigenvalue weighted by Crippen LogP contribution is 2.35. The monoisotopic (exact) mass is 311 g/mol. The molecule has 0 amide bonds. The van der Waals surface area contributed by atoms with E-state index < -0.39 is 0 Å². The molecule has 0 saturated heterocycles. The summed E-state index contributed by atoms with van der Waals surface area (Å²) in [6, 6.07) is 15.4. The number of aromatic hydroxyl groups is 1. The van der Waals surface area contributed by atoms with Crippen molar-refractivity contribution in [2.75, 3.05) is 7.11 Å². The van der Waals surface area contributed by atoms with Crippen molar-refractivity contribution in [3.8, 4) is 11.5 Å². The number of phenolic OH excluding ortho intramolecular Hbond substituents is 1. The summed E-state index contributed by atoms with van der Waals surface area (Å²) in [4.78, 5) is 4.57. The molecule has 1 aromatic heterocycles. The lowest BCUT2D eigenvalue weighted by Crippen LogP contribution is -1.86. The zero-order valence-corrected chi connectivity index (χ0v) is 12.7. The molecule has 3 rings (SSSR count). The van der Waals surface area contributed by atoms with Gasteiger partial charge in [0.1, 0.15) is 0 Å². The molecule has 0 unspecified atom stereocenters. The van der Waals surface area contributed by atoms with Gasteiger partial charge in [0.15, 0.2) is 11.5 Å². The van der Waals surface area contributed by atoms with Crippen molar-refractivity contribution in [3.63, 3.8) is 0 Å². The molecule has 3 aromatic rings. The summed E-state index contributed by atoms with van der Waals surface area (Å²) in [5.74, 6) is 0.295. The van der Waals surface area contributed by atoms with E-state index in [2.05, 4.69) is 4.98 Å². The van der Waals surface area contributed by atoms with E-state index in [1.165, 1.54) is 7.11 Å². The molecule has 0 bridgehead atoms. The molecule has 0 aliphatic heterocycles. The van der Waals surface area contributed by atoms with Crippen molar-refractivity contribution in [3.05, 3.63) is 64.8 Å². The first-order valence-corrected chi connectivity index (χ1v) is 7.15. The van der Waals surface area contributed by atoms with Gasteiger partial charge in [0.2, 0.25) is 0 Å². The van der Waals surface area contributed by atoms with Crippen LogP contribution in [0.25, 0.3) is 23.1 Å². The lowest BCUT2D eigenvalue weighted by Gasteiger charge is -2.06. The quantitative estimate of drug-likeness (QED) is 0.757. The maximum atomic E-state index is 9.73. The van der Waals surface area contributed by atoms with Crippen molar-refractivity contribution in [2.45, 2.75) is 0 Å². The smallest absolute Gasteiger partial charge is 0.176 e. The standard InChI is InChI=1S/C18H14ClNO2/c1-22-17-11-12(10-15(19)18(17)21)6-8-14-9-7-13-4-2-3-5-16(13)20-14/h2-11,21H,1H3. The fraction of sp³-hybridized carbons (Fsp3) is 0.0556. The number of hydrogen-bond acceptors (Lipinski definition) is 3. The highest BCUT2D eigenvalue weighted by atomic mass is 35.5. The van der Waals surface area contributed by atoms with Crippen LogP contribution in [0.5, 0.6) is 11.5 Å². The van der Waals surface area contributed by atoms with Gasteiger partial charge in [-0.25, -0.2) is 4.98 Å². The zero-order valence-electron chi connectivity index (χ0n) is 12.0. The van der Waals surface area contributed by atoms with E-state index in [9.17, 15) is 5.11 Å². The third-order valence-corrected chi connectivity index (χ3v) is 3.63. The topological polar surface area (TPSA) is 42.4 Å². The Bertz CT molecular complexity index is 859. The molecule has 1 N–H and O–H groups in total. The van der Waals surface area contributed by atoms with Gasteiger partial charge in [0.25, 0.3) is 0 Å². The number of pyridine rings is 1. The van der Waals surface area contributed by atoms with Crippen LogP contribution >= 0.6 is 11.6 Å².